The van der Waals surface area contributed by atoms with Crippen molar-refractivity contribution in [1.29, 1.82) is 0 Å². The highest BCUT2D eigenvalue weighted by molar-refractivity contribution is 5.94. The maximum absolute atomic E-state index is 12.2. The molecule has 1 aliphatic rings. The fourth-order valence-electron chi connectivity index (χ4n) is 2.55. The minimum absolute atomic E-state index is 0.0487. The standard InChI is InChI=1S/C15H19N5O/c21-15(14-6-1-2-7-17-14)19-13-5-3-4-12(8-13)9-20-11-16-10-18-20/h3-5,8,10-11,14,17H,1-2,6-7,9H2,(H,19,21)/t14-/m1/s1. The highest BCUT2D eigenvalue weighted by atomic mass is 16.2. The summed E-state index contributed by atoms with van der Waals surface area (Å²) >= 11 is 0. The maximum Gasteiger partial charge on any atom is 0.241 e. The van der Waals surface area contributed by atoms with Crippen LogP contribution in [0.15, 0.2) is 36.9 Å². The molecule has 2 N–H and O–H groups in total. The number of anilines is 1. The fraction of sp³-hybridized carbons (Fsp3) is 0.400. The first-order valence-corrected chi connectivity index (χ1v) is 7.27. The number of rotatable bonds is 4. The van der Waals surface area contributed by atoms with E-state index in [1.54, 1.807) is 11.0 Å². The van der Waals surface area contributed by atoms with Gasteiger partial charge in [-0.3, -0.25) is 4.79 Å². The maximum atomic E-state index is 12.2. The molecule has 2 aromatic rings. The number of carbonyl (C=O) groups excluding carboxylic acids is 1. The lowest BCUT2D eigenvalue weighted by Crippen LogP contribution is -2.43. The van der Waals surface area contributed by atoms with E-state index in [0.29, 0.717) is 6.54 Å². The van der Waals surface area contributed by atoms with E-state index in [4.69, 9.17) is 0 Å². The molecule has 1 fully saturated rings. The van der Waals surface area contributed by atoms with E-state index in [2.05, 4.69) is 20.7 Å². The van der Waals surface area contributed by atoms with Crippen molar-refractivity contribution >= 4 is 11.6 Å². The average Bonchev–Trinajstić information content (AvgIpc) is 3.01. The molecule has 0 unspecified atom stereocenters. The number of benzene rings is 1. The van der Waals surface area contributed by atoms with Crippen LogP contribution < -0.4 is 10.6 Å². The zero-order chi connectivity index (χ0) is 14.5. The topological polar surface area (TPSA) is 71.8 Å². The van der Waals surface area contributed by atoms with E-state index in [1.165, 1.54) is 6.33 Å². The van der Waals surface area contributed by atoms with Crippen molar-refractivity contribution in [2.75, 3.05) is 11.9 Å². The molecule has 1 aromatic carbocycles. The van der Waals surface area contributed by atoms with Crippen LogP contribution in [-0.2, 0) is 11.3 Å². The largest absolute Gasteiger partial charge is 0.325 e. The molecule has 1 aromatic heterocycles. The monoisotopic (exact) mass is 285 g/mol. The first-order chi connectivity index (χ1) is 10.3. The molecule has 1 saturated heterocycles. The van der Waals surface area contributed by atoms with Gasteiger partial charge < -0.3 is 10.6 Å². The van der Waals surface area contributed by atoms with Crippen molar-refractivity contribution in [2.45, 2.75) is 31.8 Å². The van der Waals surface area contributed by atoms with Gasteiger partial charge in [0.25, 0.3) is 0 Å². The molecule has 1 amide bonds. The molecule has 6 heteroatoms. The van der Waals surface area contributed by atoms with Crippen LogP contribution in [0.5, 0.6) is 0 Å². The van der Waals surface area contributed by atoms with Crippen LogP contribution in [0, 0.1) is 0 Å². The van der Waals surface area contributed by atoms with E-state index in [-0.39, 0.29) is 11.9 Å². The smallest absolute Gasteiger partial charge is 0.241 e. The molecule has 1 aliphatic heterocycles. The number of nitrogens with zero attached hydrogens (tertiary/aromatic N) is 3. The highest BCUT2D eigenvalue weighted by Gasteiger charge is 2.20. The van der Waals surface area contributed by atoms with E-state index in [0.717, 1.165) is 37.1 Å². The number of aromatic nitrogens is 3. The van der Waals surface area contributed by atoms with Crippen LogP contribution in [0.4, 0.5) is 5.69 Å². The van der Waals surface area contributed by atoms with Crippen molar-refractivity contribution < 1.29 is 4.79 Å². The molecule has 2 heterocycles. The number of hydrogen-bond donors (Lipinski definition) is 2. The Morgan fingerprint density at radius 2 is 2.38 bits per heavy atom. The summed E-state index contributed by atoms with van der Waals surface area (Å²) < 4.78 is 1.75. The predicted octanol–water partition coefficient (Wildman–Crippen LogP) is 1.41. The minimum Gasteiger partial charge on any atom is -0.325 e. The molecule has 6 nitrogen and oxygen atoms in total. The Balaban J connectivity index is 1.63. The Morgan fingerprint density at radius 3 is 3.14 bits per heavy atom. The normalized spacial score (nSPS) is 18.4. The number of carbonyl (C=O) groups is 1. The van der Waals surface area contributed by atoms with Gasteiger partial charge in [-0.1, -0.05) is 18.6 Å². The molecule has 3 rings (SSSR count). The highest BCUT2D eigenvalue weighted by Crippen LogP contribution is 2.14. The van der Waals surface area contributed by atoms with Crippen LogP contribution in [0.25, 0.3) is 0 Å². The van der Waals surface area contributed by atoms with Crippen LogP contribution in [0.3, 0.4) is 0 Å². The lowest BCUT2D eigenvalue weighted by molar-refractivity contribution is -0.118. The van der Waals surface area contributed by atoms with E-state index < -0.39 is 0 Å². The first-order valence-electron chi connectivity index (χ1n) is 7.27. The van der Waals surface area contributed by atoms with Gasteiger partial charge in [0.05, 0.1) is 12.6 Å². The Hall–Kier alpha value is -2.21. The van der Waals surface area contributed by atoms with E-state index in [9.17, 15) is 4.79 Å². The molecule has 110 valence electrons. The Kier molecular flexibility index (Phi) is 4.25. The van der Waals surface area contributed by atoms with Crippen molar-refractivity contribution in [2.24, 2.45) is 0 Å². The van der Waals surface area contributed by atoms with Crippen LogP contribution in [0.2, 0.25) is 0 Å². The van der Waals surface area contributed by atoms with Gasteiger partial charge in [0.1, 0.15) is 12.7 Å². The summed E-state index contributed by atoms with van der Waals surface area (Å²) in [5.74, 6) is 0.0487. The summed E-state index contributed by atoms with van der Waals surface area (Å²) in [6, 6.07) is 7.76. The van der Waals surface area contributed by atoms with Gasteiger partial charge in [-0.25, -0.2) is 9.67 Å². The molecular weight excluding hydrogens is 266 g/mol. The van der Waals surface area contributed by atoms with Gasteiger partial charge >= 0.3 is 0 Å². The van der Waals surface area contributed by atoms with E-state index in [1.807, 2.05) is 24.3 Å². The molecule has 21 heavy (non-hydrogen) atoms. The van der Waals surface area contributed by atoms with Gasteiger partial charge in [0.2, 0.25) is 5.91 Å². The minimum atomic E-state index is -0.0716. The third-order valence-electron chi connectivity index (χ3n) is 3.63. The average molecular weight is 285 g/mol. The van der Waals surface area contributed by atoms with Gasteiger partial charge in [-0.15, -0.1) is 0 Å². The number of hydrogen-bond acceptors (Lipinski definition) is 4. The zero-order valence-electron chi connectivity index (χ0n) is 11.8. The van der Waals surface area contributed by atoms with Crippen LogP contribution in [-0.4, -0.2) is 33.3 Å². The molecule has 0 spiro atoms. The number of nitrogens with one attached hydrogen (secondary N) is 2. The van der Waals surface area contributed by atoms with Gasteiger partial charge in [0, 0.05) is 5.69 Å². The lowest BCUT2D eigenvalue weighted by atomic mass is 10.0. The predicted molar refractivity (Wildman–Crippen MR) is 79.8 cm³/mol. The second-order valence-electron chi connectivity index (χ2n) is 5.29. The van der Waals surface area contributed by atoms with E-state index >= 15 is 0 Å². The third kappa shape index (κ3) is 3.66. The molecule has 0 bridgehead atoms. The molecule has 1 atom stereocenters. The molecule has 0 saturated carbocycles. The zero-order valence-corrected chi connectivity index (χ0v) is 11.8. The summed E-state index contributed by atoms with van der Waals surface area (Å²) in [5, 5.41) is 10.3. The molecule has 0 aliphatic carbocycles. The summed E-state index contributed by atoms with van der Waals surface area (Å²) in [4.78, 5) is 16.1. The van der Waals surface area contributed by atoms with Gasteiger partial charge in [0.15, 0.2) is 0 Å². The first kappa shape index (κ1) is 13.8. The van der Waals surface area contributed by atoms with Crippen molar-refractivity contribution in [3.05, 3.63) is 42.5 Å². The summed E-state index contributed by atoms with van der Waals surface area (Å²) in [5.41, 5.74) is 1.90. The van der Waals surface area contributed by atoms with Crippen LogP contribution >= 0.6 is 0 Å². The quantitative estimate of drug-likeness (QED) is 0.891. The number of amides is 1. The summed E-state index contributed by atoms with van der Waals surface area (Å²) in [6.45, 7) is 1.57. The Labute approximate surface area is 123 Å². The number of piperidine rings is 1. The second-order valence-corrected chi connectivity index (χ2v) is 5.29. The molecular formula is C15H19N5O. The van der Waals surface area contributed by atoms with Gasteiger partial charge in [-0.2, -0.15) is 5.10 Å². The van der Waals surface area contributed by atoms with Crippen molar-refractivity contribution in [3.8, 4) is 0 Å². The lowest BCUT2D eigenvalue weighted by Gasteiger charge is -2.22. The second kappa shape index (κ2) is 6.49. The van der Waals surface area contributed by atoms with Crippen molar-refractivity contribution in [3.63, 3.8) is 0 Å². The summed E-state index contributed by atoms with van der Waals surface area (Å²) in [7, 11) is 0. The van der Waals surface area contributed by atoms with Crippen LogP contribution in [0.1, 0.15) is 24.8 Å². The Bertz CT molecular complexity index is 590. The fourth-order valence-corrected chi connectivity index (χ4v) is 2.55. The third-order valence-corrected chi connectivity index (χ3v) is 3.63. The summed E-state index contributed by atoms with van der Waals surface area (Å²) in [6.07, 6.45) is 6.36. The molecule has 0 radical (unpaired) electrons. The SMILES string of the molecule is O=C(Nc1cccc(Cn2cncn2)c1)[C@H]1CCCCN1. The van der Waals surface area contributed by atoms with Crippen molar-refractivity contribution in [1.82, 2.24) is 20.1 Å². The van der Waals surface area contributed by atoms with Gasteiger partial charge in [-0.05, 0) is 37.1 Å². The Morgan fingerprint density at radius 1 is 1.43 bits per heavy atom.